The van der Waals surface area contributed by atoms with Gasteiger partial charge < -0.3 is 19.6 Å². The molecule has 1 unspecified atom stereocenters. The van der Waals surface area contributed by atoms with E-state index in [-0.39, 0.29) is 29.9 Å². The van der Waals surface area contributed by atoms with Crippen molar-refractivity contribution in [3.8, 4) is 0 Å². The molecule has 4 rings (SSSR count). The summed E-state index contributed by atoms with van der Waals surface area (Å²) in [4.78, 5) is 45.2. The minimum absolute atomic E-state index is 0.0576. The largest absolute Gasteiger partial charge is 0.341 e. The van der Waals surface area contributed by atoms with Crippen molar-refractivity contribution in [3.05, 3.63) is 35.4 Å². The number of likely N-dealkylation sites (tertiary alicyclic amines) is 2. The molecule has 0 radical (unpaired) electrons. The highest BCUT2D eigenvalue weighted by atomic mass is 16.2. The number of rotatable bonds is 2. The van der Waals surface area contributed by atoms with Gasteiger partial charge in [0, 0.05) is 51.9 Å². The van der Waals surface area contributed by atoms with E-state index in [2.05, 4.69) is 0 Å². The fourth-order valence-corrected chi connectivity index (χ4v) is 4.69. The summed E-state index contributed by atoms with van der Waals surface area (Å²) in [6.45, 7) is 2.60. The van der Waals surface area contributed by atoms with E-state index in [4.69, 9.17) is 0 Å². The monoisotopic (exact) mass is 384 g/mol. The van der Waals surface area contributed by atoms with Gasteiger partial charge in [-0.2, -0.15) is 0 Å². The maximum atomic E-state index is 13.0. The van der Waals surface area contributed by atoms with Gasteiger partial charge in [-0.1, -0.05) is 18.2 Å². The van der Waals surface area contributed by atoms with Gasteiger partial charge in [-0.05, 0) is 37.3 Å². The second-order valence-corrected chi connectivity index (χ2v) is 8.18. The van der Waals surface area contributed by atoms with Crippen molar-refractivity contribution in [1.29, 1.82) is 0 Å². The lowest BCUT2D eigenvalue weighted by Gasteiger charge is -2.38. The number of fused-ring (bicyclic) bond motifs is 1. The number of piperidine rings is 1. The molecule has 1 atom stereocenters. The average Bonchev–Trinajstić information content (AvgIpc) is 3.32. The Morgan fingerprint density at radius 1 is 1.04 bits per heavy atom. The summed E-state index contributed by atoms with van der Waals surface area (Å²) in [5.74, 6) is 0.168. The minimum Gasteiger partial charge on any atom is -0.341 e. The van der Waals surface area contributed by atoms with E-state index >= 15 is 0 Å². The highest BCUT2D eigenvalue weighted by Gasteiger charge is 2.40. The van der Waals surface area contributed by atoms with E-state index in [1.54, 1.807) is 19.0 Å². The quantitative estimate of drug-likeness (QED) is 0.781. The SMILES string of the molecule is CN(C)C(=O)N1CCCC1C(=O)N1CCC(N2Cc3ccccc3C2=O)CC1. The predicted molar refractivity (Wildman–Crippen MR) is 105 cm³/mol. The zero-order valence-corrected chi connectivity index (χ0v) is 16.6. The number of carbonyl (C=O) groups excluding carboxylic acids is 3. The normalized spacial score (nSPS) is 22.6. The molecule has 2 fully saturated rings. The van der Waals surface area contributed by atoms with Crippen molar-refractivity contribution in [2.45, 2.75) is 44.3 Å². The second kappa shape index (κ2) is 7.45. The van der Waals surface area contributed by atoms with Crippen LogP contribution in [0.4, 0.5) is 4.79 Å². The number of carbonyl (C=O) groups is 3. The van der Waals surface area contributed by atoms with Gasteiger partial charge in [0.05, 0.1) is 0 Å². The average molecular weight is 384 g/mol. The molecule has 0 N–H and O–H groups in total. The molecule has 4 amide bonds. The number of nitrogens with zero attached hydrogens (tertiary/aromatic N) is 4. The Bertz CT molecular complexity index is 786. The lowest BCUT2D eigenvalue weighted by molar-refractivity contribution is -0.136. The lowest BCUT2D eigenvalue weighted by atomic mass is 10.0. The molecule has 150 valence electrons. The van der Waals surface area contributed by atoms with Gasteiger partial charge in [-0.3, -0.25) is 9.59 Å². The van der Waals surface area contributed by atoms with E-state index in [1.807, 2.05) is 34.1 Å². The summed E-state index contributed by atoms with van der Waals surface area (Å²) in [6, 6.07) is 7.53. The van der Waals surface area contributed by atoms with Crippen molar-refractivity contribution in [2.75, 3.05) is 33.7 Å². The first-order chi connectivity index (χ1) is 13.5. The minimum atomic E-state index is -0.343. The molecule has 1 aromatic carbocycles. The van der Waals surface area contributed by atoms with Gasteiger partial charge in [0.2, 0.25) is 5.91 Å². The topological polar surface area (TPSA) is 64.2 Å². The number of urea groups is 1. The zero-order chi connectivity index (χ0) is 19.8. The zero-order valence-electron chi connectivity index (χ0n) is 16.6. The maximum absolute atomic E-state index is 13.0. The molecule has 28 heavy (non-hydrogen) atoms. The lowest BCUT2D eigenvalue weighted by Crippen LogP contribution is -2.53. The van der Waals surface area contributed by atoms with Gasteiger partial charge in [0.15, 0.2) is 0 Å². The Kier molecular flexibility index (Phi) is 5.00. The molecule has 0 aliphatic carbocycles. The highest BCUT2D eigenvalue weighted by Crippen LogP contribution is 2.29. The molecule has 3 aliphatic heterocycles. The Labute approximate surface area is 165 Å². The molecule has 3 aliphatic rings. The van der Waals surface area contributed by atoms with Crippen molar-refractivity contribution < 1.29 is 14.4 Å². The predicted octanol–water partition coefficient (Wildman–Crippen LogP) is 1.78. The number of hydrogen-bond donors (Lipinski definition) is 0. The van der Waals surface area contributed by atoms with E-state index in [9.17, 15) is 14.4 Å². The summed E-state index contributed by atoms with van der Waals surface area (Å²) in [7, 11) is 3.44. The molecule has 7 nitrogen and oxygen atoms in total. The fraction of sp³-hybridized carbons (Fsp3) is 0.571. The van der Waals surface area contributed by atoms with Crippen LogP contribution in [0.15, 0.2) is 24.3 Å². The molecule has 2 saturated heterocycles. The van der Waals surface area contributed by atoms with E-state index < -0.39 is 0 Å². The summed E-state index contributed by atoms with van der Waals surface area (Å²) in [5, 5.41) is 0. The molecule has 0 spiro atoms. The number of amides is 4. The van der Waals surface area contributed by atoms with Crippen LogP contribution in [-0.4, -0.2) is 83.3 Å². The molecule has 3 heterocycles. The van der Waals surface area contributed by atoms with Crippen LogP contribution in [0.3, 0.4) is 0 Å². The fourth-order valence-electron chi connectivity index (χ4n) is 4.69. The number of hydrogen-bond acceptors (Lipinski definition) is 3. The van der Waals surface area contributed by atoms with Crippen LogP contribution in [0.1, 0.15) is 41.6 Å². The van der Waals surface area contributed by atoms with Crippen LogP contribution >= 0.6 is 0 Å². The first kappa shape index (κ1) is 18.8. The molecule has 0 aromatic heterocycles. The van der Waals surface area contributed by atoms with E-state index in [1.165, 1.54) is 4.90 Å². The third kappa shape index (κ3) is 3.23. The van der Waals surface area contributed by atoms with Crippen LogP contribution < -0.4 is 0 Å². The molecular weight excluding hydrogens is 356 g/mol. The van der Waals surface area contributed by atoms with E-state index in [0.717, 1.165) is 36.8 Å². The van der Waals surface area contributed by atoms with Gasteiger partial charge in [0.1, 0.15) is 6.04 Å². The van der Waals surface area contributed by atoms with Crippen molar-refractivity contribution in [1.82, 2.24) is 19.6 Å². The third-order valence-corrected chi connectivity index (χ3v) is 6.23. The van der Waals surface area contributed by atoms with Crippen LogP contribution in [0.5, 0.6) is 0 Å². The molecule has 0 saturated carbocycles. The first-order valence-corrected chi connectivity index (χ1v) is 10.1. The van der Waals surface area contributed by atoms with Crippen LogP contribution in [0, 0.1) is 0 Å². The smallest absolute Gasteiger partial charge is 0.320 e. The summed E-state index contributed by atoms with van der Waals surface area (Å²) < 4.78 is 0. The summed E-state index contributed by atoms with van der Waals surface area (Å²) in [5.41, 5.74) is 1.90. The van der Waals surface area contributed by atoms with Gasteiger partial charge >= 0.3 is 6.03 Å². The summed E-state index contributed by atoms with van der Waals surface area (Å²) >= 11 is 0. The third-order valence-electron chi connectivity index (χ3n) is 6.23. The van der Waals surface area contributed by atoms with Crippen LogP contribution in [0.2, 0.25) is 0 Å². The van der Waals surface area contributed by atoms with Crippen molar-refractivity contribution >= 4 is 17.8 Å². The second-order valence-electron chi connectivity index (χ2n) is 8.18. The van der Waals surface area contributed by atoms with E-state index in [0.29, 0.717) is 26.2 Å². The molecular formula is C21H28N4O3. The van der Waals surface area contributed by atoms with Gasteiger partial charge in [0.25, 0.3) is 5.91 Å². The summed E-state index contributed by atoms with van der Waals surface area (Å²) in [6.07, 6.45) is 3.19. The Hall–Kier alpha value is -2.57. The van der Waals surface area contributed by atoms with Crippen molar-refractivity contribution in [2.24, 2.45) is 0 Å². The molecule has 1 aromatic rings. The Morgan fingerprint density at radius 2 is 1.75 bits per heavy atom. The van der Waals surface area contributed by atoms with Gasteiger partial charge in [-0.25, -0.2) is 4.79 Å². The molecule has 0 bridgehead atoms. The first-order valence-electron chi connectivity index (χ1n) is 10.1. The van der Waals surface area contributed by atoms with Crippen molar-refractivity contribution in [3.63, 3.8) is 0 Å². The van der Waals surface area contributed by atoms with Crippen LogP contribution in [0.25, 0.3) is 0 Å². The molecule has 7 heteroatoms. The van der Waals surface area contributed by atoms with Gasteiger partial charge in [-0.15, -0.1) is 0 Å². The maximum Gasteiger partial charge on any atom is 0.320 e. The number of benzene rings is 1. The highest BCUT2D eigenvalue weighted by molar-refractivity contribution is 5.98. The Morgan fingerprint density at radius 3 is 2.43 bits per heavy atom. The van der Waals surface area contributed by atoms with Crippen LogP contribution in [-0.2, 0) is 11.3 Å². The standard InChI is InChI=1S/C21H28N4O3/c1-22(2)21(28)24-11-5-8-18(24)20(27)23-12-9-16(10-13-23)25-14-15-6-3-4-7-17(15)19(25)26/h3-4,6-7,16,18H,5,8-14H2,1-2H3. The Balaban J connectivity index is 1.36.